The van der Waals surface area contributed by atoms with Gasteiger partial charge in [0.1, 0.15) is 5.75 Å². The van der Waals surface area contributed by atoms with Gasteiger partial charge in [0.2, 0.25) is 0 Å². The second kappa shape index (κ2) is 2.74. The highest BCUT2D eigenvalue weighted by atomic mass is 16.3. The van der Waals surface area contributed by atoms with Gasteiger partial charge in [0.25, 0.3) is 1.43 Å². The maximum atomic E-state index is 11.0. The zero-order valence-electron chi connectivity index (χ0n) is 7.55. The van der Waals surface area contributed by atoms with E-state index in [-0.39, 0.29) is 5.78 Å². The first-order valence-corrected chi connectivity index (χ1v) is 3.40. The van der Waals surface area contributed by atoms with Gasteiger partial charge < -0.3 is 5.11 Å². The van der Waals surface area contributed by atoms with E-state index >= 15 is 0 Å². The lowest BCUT2D eigenvalue weighted by atomic mass is 10.1. The molecule has 1 aromatic rings. The average Bonchev–Trinajstić information content (AvgIpc) is 2.03. The van der Waals surface area contributed by atoms with E-state index in [4.69, 9.17) is 1.43 Å². The Morgan fingerprint density at radius 1 is 1.64 bits per heavy atom. The number of ketones is 1. The fraction of sp³-hybridized carbons (Fsp3) is 0.222. The van der Waals surface area contributed by atoms with E-state index < -0.39 is 0 Å². The molecule has 1 rings (SSSR count). The van der Waals surface area contributed by atoms with Crippen LogP contribution in [-0.4, -0.2) is 12.3 Å². The highest BCUT2D eigenvalue weighted by Crippen LogP contribution is 2.18. The molecule has 0 fully saturated rings. The Bertz CT molecular complexity index is 307. The van der Waals surface area contributed by atoms with Crippen molar-refractivity contribution in [2.45, 2.75) is 13.8 Å². The summed E-state index contributed by atoms with van der Waals surface area (Å²) < 4.78 is 6.72. The topological polar surface area (TPSA) is 37.3 Å². The predicted molar refractivity (Wildman–Crippen MR) is 42.8 cm³/mol. The zero-order chi connectivity index (χ0) is 9.14. The number of benzene rings is 1. The molecule has 0 heterocycles. The molecule has 0 bridgehead atoms. The molecule has 0 aromatic heterocycles. The Morgan fingerprint density at radius 2 is 2.36 bits per heavy atom. The molecule has 0 saturated carbocycles. The summed E-state index contributed by atoms with van der Waals surface area (Å²) >= 11 is 0. The number of rotatable bonds is 2. The van der Waals surface area contributed by atoms with Gasteiger partial charge in [0, 0.05) is 0 Å². The van der Waals surface area contributed by atoms with Crippen LogP contribution in [-0.2, 0) is 0 Å². The van der Waals surface area contributed by atoms with Gasteiger partial charge in [-0.05, 0) is 31.5 Å². The van der Waals surface area contributed by atoms with Crippen LogP contribution in [0.15, 0.2) is 18.2 Å². The molecule has 58 valence electrons. The summed E-state index contributed by atoms with van der Waals surface area (Å²) in [6.07, 6.45) is 0. The first kappa shape index (κ1) is 6.40. The second-order valence-corrected chi connectivity index (χ2v) is 2.56. The normalized spacial score (nSPS) is 10.5. The zero-order valence-corrected chi connectivity index (χ0v) is 6.55. The van der Waals surface area contributed by atoms with Gasteiger partial charge in [-0.1, -0.05) is 6.07 Å². The summed E-state index contributed by atoms with van der Waals surface area (Å²) in [6, 6.07) is 5.16. The van der Waals surface area contributed by atoms with E-state index in [9.17, 15) is 4.79 Å². The van der Waals surface area contributed by atoms with Gasteiger partial charge in [-0.2, -0.15) is 0 Å². The molecule has 0 spiro atoms. The molecule has 0 atom stereocenters. The monoisotopic (exact) mass is 151 g/mol. The van der Waals surface area contributed by atoms with Crippen molar-refractivity contribution < 1.29 is 9.90 Å². The van der Waals surface area contributed by atoms with Crippen molar-refractivity contribution in [3.8, 4) is 5.75 Å². The van der Waals surface area contributed by atoms with Crippen molar-refractivity contribution in [1.82, 2.24) is 0 Å². The van der Waals surface area contributed by atoms with E-state index in [1.807, 2.05) is 13.0 Å². The highest BCUT2D eigenvalue weighted by Gasteiger charge is 2.04. The molecule has 2 heteroatoms. The molecule has 1 N–H and O–H groups in total. The third kappa shape index (κ3) is 1.58. The third-order valence-corrected chi connectivity index (χ3v) is 1.52. The van der Waals surface area contributed by atoms with Crippen LogP contribution >= 0.6 is 0 Å². The van der Waals surface area contributed by atoms with E-state index in [2.05, 4.69) is 5.11 Å². The molecular formula is C9H10O2. The van der Waals surface area contributed by atoms with E-state index in [1.54, 1.807) is 12.1 Å². The van der Waals surface area contributed by atoms with Crippen molar-refractivity contribution in [2.24, 2.45) is 0 Å². The smallest absolute Gasteiger partial charge is 0.293 e. The van der Waals surface area contributed by atoms with Gasteiger partial charge in [0.15, 0.2) is 5.78 Å². The maximum absolute atomic E-state index is 11.0. The number of carbonyl (C=O) groups is 1. The van der Waals surface area contributed by atoms with Crippen molar-refractivity contribution in [2.75, 3.05) is 0 Å². The third-order valence-electron chi connectivity index (χ3n) is 1.52. The standard InChI is InChI=1S/C9H10O2/c1-6-3-4-8(7(2)10)9(11)5-6/h3-5,11H,1-2H3/i/hD. The summed E-state index contributed by atoms with van der Waals surface area (Å²) in [4.78, 5) is 11.0. The molecule has 2 nitrogen and oxygen atoms in total. The number of Topliss-reactive ketones (excluding diaryl/α,β-unsaturated/α-hetero) is 1. The van der Waals surface area contributed by atoms with Crippen molar-refractivity contribution in [3.05, 3.63) is 29.3 Å². The minimum absolute atomic E-state index is 0.0859. The summed E-state index contributed by atoms with van der Waals surface area (Å²) in [5, 5.41) is 4.32. The summed E-state index contributed by atoms with van der Waals surface area (Å²) in [7, 11) is 0. The second-order valence-electron chi connectivity index (χ2n) is 2.56. The number of aryl methyl sites for hydroxylation is 1. The Labute approximate surface area is 67.0 Å². The van der Waals surface area contributed by atoms with Crippen molar-refractivity contribution in [1.29, 1.82) is 1.43 Å². The molecular weight excluding hydrogens is 140 g/mol. The Morgan fingerprint density at radius 3 is 2.91 bits per heavy atom. The molecule has 0 amide bonds. The quantitative estimate of drug-likeness (QED) is 0.655. The van der Waals surface area contributed by atoms with Gasteiger partial charge in [-0.3, -0.25) is 4.79 Å². The highest BCUT2D eigenvalue weighted by molar-refractivity contribution is 5.96. The van der Waals surface area contributed by atoms with E-state index in [1.165, 1.54) is 6.92 Å². The van der Waals surface area contributed by atoms with Gasteiger partial charge in [-0.25, -0.2) is 0 Å². The lowest BCUT2D eigenvalue weighted by Crippen LogP contribution is -1.92. The summed E-state index contributed by atoms with van der Waals surface area (Å²) in [5.41, 5.74) is 1.43. The molecule has 0 aliphatic rings. The van der Waals surface area contributed by atoms with Gasteiger partial charge in [0.05, 0.1) is 5.56 Å². The van der Waals surface area contributed by atoms with Crippen LogP contribution in [0.4, 0.5) is 0 Å². The Hall–Kier alpha value is -1.31. The van der Waals surface area contributed by atoms with Gasteiger partial charge >= 0.3 is 0 Å². The molecule has 1 aromatic carbocycles. The first-order chi connectivity index (χ1) is 5.65. The predicted octanol–water partition coefficient (Wildman–Crippen LogP) is 1.90. The van der Waals surface area contributed by atoms with Gasteiger partial charge in [-0.15, -0.1) is 0 Å². The van der Waals surface area contributed by atoms with Crippen molar-refractivity contribution in [3.63, 3.8) is 0 Å². The van der Waals surface area contributed by atoms with Crippen LogP contribution in [0.1, 0.15) is 22.8 Å². The Kier molecular flexibility index (Phi) is 1.60. The Balaban J connectivity index is 3.20. The lowest BCUT2D eigenvalue weighted by molar-refractivity contribution is 0.101. The molecule has 0 radical (unpaired) electrons. The minimum atomic E-state index is -0.0859. The average molecular weight is 151 g/mol. The first-order valence-electron chi connectivity index (χ1n) is 3.80. The van der Waals surface area contributed by atoms with E-state index in [0.29, 0.717) is 11.3 Å². The van der Waals surface area contributed by atoms with Crippen LogP contribution < -0.4 is 0 Å². The number of phenolic OH excluding ortho intramolecular Hbond substituents is 1. The fourth-order valence-electron chi connectivity index (χ4n) is 0.920. The SMILES string of the molecule is [2H]Oc1cc(C)ccc1C(C)=O. The van der Waals surface area contributed by atoms with Crippen LogP contribution in [0.25, 0.3) is 0 Å². The summed E-state index contributed by atoms with van der Waals surface area (Å²) in [5.74, 6) is 0.236. The number of aromatic hydroxyl groups is 1. The minimum Gasteiger partial charge on any atom is -0.507 e. The largest absolute Gasteiger partial charge is 0.507 e. The number of hydrogen-bond donors (Lipinski definition) is 1. The maximum Gasteiger partial charge on any atom is 0.293 e. The molecule has 0 aliphatic carbocycles. The molecule has 11 heavy (non-hydrogen) atoms. The van der Waals surface area contributed by atoms with Crippen LogP contribution in [0.3, 0.4) is 0 Å². The summed E-state index contributed by atoms with van der Waals surface area (Å²) in [6.45, 7) is 3.33. The van der Waals surface area contributed by atoms with Crippen molar-refractivity contribution >= 4 is 5.78 Å². The number of carbonyl (C=O) groups excluding carboxylic acids is 1. The van der Waals surface area contributed by atoms with Crippen LogP contribution in [0.2, 0.25) is 0 Å². The molecule has 0 unspecified atom stereocenters. The lowest BCUT2D eigenvalue weighted by Gasteiger charge is -1.99. The number of hydrogen-bond acceptors (Lipinski definition) is 2. The van der Waals surface area contributed by atoms with Crippen LogP contribution in [0.5, 0.6) is 5.75 Å². The molecule has 0 aliphatic heterocycles. The fourth-order valence-corrected chi connectivity index (χ4v) is 0.920. The van der Waals surface area contributed by atoms with Crippen LogP contribution in [0, 0.1) is 6.92 Å². The molecule has 0 saturated heterocycles. The van der Waals surface area contributed by atoms with E-state index in [0.717, 1.165) is 5.56 Å². The number of phenols is 1.